The summed E-state index contributed by atoms with van der Waals surface area (Å²) in [4.78, 5) is 19.9. The highest BCUT2D eigenvalue weighted by atomic mass is 32.2. The molecule has 1 aromatic heterocycles. The Labute approximate surface area is 237 Å². The lowest BCUT2D eigenvalue weighted by atomic mass is 9.87. The molecular weight excluding hydrogens is 546 g/mol. The van der Waals surface area contributed by atoms with E-state index in [1.165, 1.54) is 24.3 Å². The second-order valence-electron chi connectivity index (χ2n) is 10.8. The number of anilines is 1. The maximum atomic E-state index is 14.5. The van der Waals surface area contributed by atoms with E-state index in [9.17, 15) is 22.0 Å². The van der Waals surface area contributed by atoms with Crippen LogP contribution in [0.25, 0.3) is 0 Å². The van der Waals surface area contributed by atoms with Crippen LogP contribution in [-0.2, 0) is 34.8 Å². The van der Waals surface area contributed by atoms with Gasteiger partial charge in [0.15, 0.2) is 0 Å². The van der Waals surface area contributed by atoms with E-state index in [-0.39, 0.29) is 35.0 Å². The molecule has 7 nitrogen and oxygen atoms in total. The molecule has 41 heavy (non-hydrogen) atoms. The standard InChI is InChI=1S/C31H30F2N4O3S/c1-36-15-14-34-30(36)19-37(31(38)27-18-26(27)24-9-2-3-10-28(24)33)22-13-12-20-6-4-11-29(25(20)17-22)35-41(39,40)23-8-5-7-21(32)16-23/h2-3,5,7-10,12-17,26-27,29,35H,4,6,11,18-19H2,1H3/t26-,27+,29?/m1/s1. The van der Waals surface area contributed by atoms with E-state index in [4.69, 9.17) is 0 Å². The number of amides is 1. The minimum absolute atomic E-state index is 0.131. The number of imidazole rings is 1. The smallest absolute Gasteiger partial charge is 0.241 e. The number of sulfonamides is 1. The predicted octanol–water partition coefficient (Wildman–Crippen LogP) is 5.39. The number of carbonyl (C=O) groups is 1. The number of hydrogen-bond donors (Lipinski definition) is 1. The van der Waals surface area contributed by atoms with Crippen molar-refractivity contribution in [2.45, 2.75) is 49.1 Å². The summed E-state index contributed by atoms with van der Waals surface area (Å²) in [7, 11) is -2.13. The first-order valence-electron chi connectivity index (χ1n) is 13.6. The zero-order valence-electron chi connectivity index (χ0n) is 22.5. The van der Waals surface area contributed by atoms with Crippen LogP contribution in [-0.4, -0.2) is 23.9 Å². The molecule has 0 spiro atoms. The summed E-state index contributed by atoms with van der Waals surface area (Å²) in [5.74, 6) is -0.958. The van der Waals surface area contributed by atoms with Crippen LogP contribution in [0, 0.1) is 17.6 Å². The highest BCUT2D eigenvalue weighted by Crippen LogP contribution is 2.50. The van der Waals surface area contributed by atoms with E-state index in [0.717, 1.165) is 30.0 Å². The van der Waals surface area contributed by atoms with Gasteiger partial charge in [0, 0.05) is 37.1 Å². The van der Waals surface area contributed by atoms with Crippen molar-refractivity contribution >= 4 is 21.6 Å². The monoisotopic (exact) mass is 576 g/mol. The van der Waals surface area contributed by atoms with Gasteiger partial charge >= 0.3 is 0 Å². The molecule has 212 valence electrons. The van der Waals surface area contributed by atoms with Gasteiger partial charge in [0.2, 0.25) is 15.9 Å². The summed E-state index contributed by atoms with van der Waals surface area (Å²) < 4.78 is 59.2. The van der Waals surface area contributed by atoms with Gasteiger partial charge in [-0.05, 0) is 84.7 Å². The summed E-state index contributed by atoms with van der Waals surface area (Å²) in [5, 5.41) is 0. The van der Waals surface area contributed by atoms with Gasteiger partial charge in [0.25, 0.3) is 0 Å². The average molecular weight is 577 g/mol. The number of halogens is 2. The molecule has 1 fully saturated rings. The largest absolute Gasteiger partial charge is 0.337 e. The topological polar surface area (TPSA) is 84.3 Å². The number of nitrogens with zero attached hydrogens (tertiary/aromatic N) is 3. The van der Waals surface area contributed by atoms with Crippen LogP contribution >= 0.6 is 0 Å². The van der Waals surface area contributed by atoms with E-state index in [2.05, 4.69) is 9.71 Å². The first-order chi connectivity index (χ1) is 19.7. The van der Waals surface area contributed by atoms with Gasteiger partial charge in [-0.2, -0.15) is 0 Å². The van der Waals surface area contributed by atoms with Gasteiger partial charge in [-0.25, -0.2) is 26.9 Å². The van der Waals surface area contributed by atoms with Crippen molar-refractivity contribution in [1.29, 1.82) is 0 Å². The summed E-state index contributed by atoms with van der Waals surface area (Å²) in [6, 6.07) is 16.6. The fourth-order valence-corrected chi connectivity index (χ4v) is 7.02. The molecule has 3 atom stereocenters. The van der Waals surface area contributed by atoms with Crippen LogP contribution in [0.15, 0.2) is 84.0 Å². The lowest BCUT2D eigenvalue weighted by Gasteiger charge is -2.29. The van der Waals surface area contributed by atoms with E-state index >= 15 is 0 Å². The first kappa shape index (κ1) is 27.3. The van der Waals surface area contributed by atoms with Crippen LogP contribution < -0.4 is 9.62 Å². The number of carbonyl (C=O) groups excluding carboxylic acids is 1. The quantitative estimate of drug-likeness (QED) is 0.305. The number of aromatic nitrogens is 2. The van der Waals surface area contributed by atoms with Crippen molar-refractivity contribution in [3.05, 3.63) is 113 Å². The SMILES string of the molecule is Cn1ccnc1CN(C(=O)[C@H]1C[C@@H]1c1ccccc1F)c1ccc2c(c1)C(NS(=O)(=O)c1cccc(F)c1)CCC2. The molecule has 4 aromatic rings. The molecule has 2 aliphatic rings. The molecule has 3 aromatic carbocycles. The lowest BCUT2D eigenvalue weighted by Crippen LogP contribution is -2.34. The fourth-order valence-electron chi connectivity index (χ4n) is 5.74. The third-order valence-electron chi connectivity index (χ3n) is 8.06. The van der Waals surface area contributed by atoms with Gasteiger partial charge in [-0.3, -0.25) is 4.79 Å². The highest BCUT2D eigenvalue weighted by molar-refractivity contribution is 7.89. The van der Waals surface area contributed by atoms with E-state index in [0.29, 0.717) is 29.9 Å². The van der Waals surface area contributed by atoms with Crippen molar-refractivity contribution in [2.24, 2.45) is 13.0 Å². The molecule has 1 heterocycles. The van der Waals surface area contributed by atoms with Crippen LogP contribution in [0.2, 0.25) is 0 Å². The van der Waals surface area contributed by atoms with E-state index in [1.807, 2.05) is 29.8 Å². The molecule has 0 aliphatic heterocycles. The Balaban J connectivity index is 1.32. The van der Waals surface area contributed by atoms with Crippen molar-refractivity contribution in [3.63, 3.8) is 0 Å². The molecule has 0 saturated heterocycles. The summed E-state index contributed by atoms with van der Waals surface area (Å²) in [6.07, 6.45) is 6.15. The minimum Gasteiger partial charge on any atom is -0.337 e. The lowest BCUT2D eigenvalue weighted by molar-refractivity contribution is -0.120. The second kappa shape index (κ2) is 10.8. The molecule has 6 rings (SSSR count). The summed E-state index contributed by atoms with van der Waals surface area (Å²) in [6.45, 7) is 0.210. The molecule has 1 unspecified atom stereocenters. The van der Waals surface area contributed by atoms with Crippen LogP contribution in [0.4, 0.5) is 14.5 Å². The zero-order valence-corrected chi connectivity index (χ0v) is 23.3. The molecule has 10 heteroatoms. The fraction of sp³-hybridized carbons (Fsp3) is 0.290. The predicted molar refractivity (Wildman–Crippen MR) is 150 cm³/mol. The maximum Gasteiger partial charge on any atom is 0.241 e. The number of aryl methyl sites for hydroxylation is 2. The number of fused-ring (bicyclic) bond motifs is 1. The molecule has 2 aliphatic carbocycles. The normalized spacial score (nSPS) is 19.9. The van der Waals surface area contributed by atoms with E-state index < -0.39 is 21.9 Å². The molecule has 0 bridgehead atoms. The van der Waals surface area contributed by atoms with Gasteiger partial charge < -0.3 is 9.47 Å². The molecule has 1 saturated carbocycles. The van der Waals surface area contributed by atoms with Crippen LogP contribution in [0.1, 0.15) is 53.7 Å². The number of hydrogen-bond acceptors (Lipinski definition) is 4. The Morgan fingerprint density at radius 1 is 1.07 bits per heavy atom. The van der Waals surface area contributed by atoms with Crippen LogP contribution in [0.5, 0.6) is 0 Å². The van der Waals surface area contributed by atoms with Gasteiger partial charge in [-0.1, -0.05) is 30.3 Å². The summed E-state index contributed by atoms with van der Waals surface area (Å²) in [5.41, 5.74) is 2.94. The minimum atomic E-state index is -3.99. The van der Waals surface area contributed by atoms with Gasteiger partial charge in [-0.15, -0.1) is 0 Å². The highest BCUT2D eigenvalue weighted by Gasteiger charge is 2.47. The molecule has 1 amide bonds. The first-order valence-corrected chi connectivity index (χ1v) is 15.1. The van der Waals surface area contributed by atoms with Crippen molar-refractivity contribution in [3.8, 4) is 0 Å². The second-order valence-corrected chi connectivity index (χ2v) is 12.5. The number of benzene rings is 3. The third kappa shape index (κ3) is 5.54. The number of rotatable bonds is 8. The van der Waals surface area contributed by atoms with E-state index in [1.54, 1.807) is 35.5 Å². The number of nitrogens with one attached hydrogen (secondary N) is 1. The van der Waals surface area contributed by atoms with Gasteiger partial charge in [0.1, 0.15) is 17.5 Å². The molecule has 1 N–H and O–H groups in total. The Hall–Kier alpha value is -3.89. The molecular formula is C31H30F2N4O3S. The Bertz CT molecular complexity index is 1720. The maximum absolute atomic E-state index is 14.5. The Morgan fingerprint density at radius 3 is 2.66 bits per heavy atom. The average Bonchev–Trinajstić information content (AvgIpc) is 3.65. The Kier molecular flexibility index (Phi) is 7.21. The Morgan fingerprint density at radius 2 is 1.90 bits per heavy atom. The van der Waals surface area contributed by atoms with Crippen LogP contribution in [0.3, 0.4) is 0 Å². The zero-order chi connectivity index (χ0) is 28.7. The third-order valence-corrected chi connectivity index (χ3v) is 9.53. The van der Waals surface area contributed by atoms with Crippen molar-refractivity contribution < 1.29 is 22.0 Å². The summed E-state index contributed by atoms with van der Waals surface area (Å²) >= 11 is 0. The van der Waals surface area contributed by atoms with Gasteiger partial charge in [0.05, 0.1) is 11.4 Å². The molecule has 0 radical (unpaired) electrons. The van der Waals surface area contributed by atoms with Crippen molar-refractivity contribution in [2.75, 3.05) is 4.90 Å². The van der Waals surface area contributed by atoms with Crippen molar-refractivity contribution in [1.82, 2.24) is 14.3 Å².